The molecule has 1 N–H and O–H groups in total. The standard InChI is InChI=1S/C11H15BrN2O4S/c1-14(8-7-11(15)18-2)19(16,17)13-10-6-4-3-5-9(10)12/h3-6,13H,7-8H2,1-2H3. The van der Waals surface area contributed by atoms with Crippen molar-refractivity contribution in [2.75, 3.05) is 25.4 Å². The number of carbonyl (C=O) groups excluding carboxylic acids is 1. The molecule has 0 fully saturated rings. The van der Waals surface area contributed by atoms with Gasteiger partial charge in [-0.3, -0.25) is 9.52 Å². The van der Waals surface area contributed by atoms with E-state index >= 15 is 0 Å². The maximum atomic E-state index is 12.0. The van der Waals surface area contributed by atoms with Gasteiger partial charge < -0.3 is 4.74 Å². The molecular weight excluding hydrogens is 336 g/mol. The summed E-state index contributed by atoms with van der Waals surface area (Å²) >= 11 is 3.25. The van der Waals surface area contributed by atoms with Gasteiger partial charge in [0.25, 0.3) is 0 Å². The first-order chi connectivity index (χ1) is 8.86. The lowest BCUT2D eigenvalue weighted by molar-refractivity contribution is -0.140. The monoisotopic (exact) mass is 350 g/mol. The molecule has 0 aliphatic carbocycles. The van der Waals surface area contributed by atoms with Crippen molar-refractivity contribution in [3.8, 4) is 0 Å². The molecule has 0 unspecified atom stereocenters. The number of nitrogens with one attached hydrogen (secondary N) is 1. The van der Waals surface area contributed by atoms with Gasteiger partial charge in [0, 0.05) is 18.1 Å². The van der Waals surface area contributed by atoms with Gasteiger partial charge >= 0.3 is 16.2 Å². The molecule has 0 saturated carbocycles. The highest BCUT2D eigenvalue weighted by atomic mass is 79.9. The molecule has 19 heavy (non-hydrogen) atoms. The van der Waals surface area contributed by atoms with Crippen molar-refractivity contribution in [1.82, 2.24) is 4.31 Å². The number of carbonyl (C=O) groups is 1. The summed E-state index contributed by atoms with van der Waals surface area (Å²) in [5.74, 6) is -0.456. The van der Waals surface area contributed by atoms with Crippen LogP contribution >= 0.6 is 15.9 Å². The minimum atomic E-state index is -3.69. The van der Waals surface area contributed by atoms with Gasteiger partial charge in [-0.2, -0.15) is 12.7 Å². The summed E-state index contributed by atoms with van der Waals surface area (Å²) in [5.41, 5.74) is 0.437. The van der Waals surface area contributed by atoms with E-state index < -0.39 is 16.2 Å². The summed E-state index contributed by atoms with van der Waals surface area (Å²) in [6, 6.07) is 6.86. The number of halogens is 1. The van der Waals surface area contributed by atoms with E-state index in [1.165, 1.54) is 14.2 Å². The van der Waals surface area contributed by atoms with Gasteiger partial charge in [0.05, 0.1) is 19.2 Å². The number of ether oxygens (including phenoxy) is 1. The molecule has 106 valence electrons. The highest BCUT2D eigenvalue weighted by Gasteiger charge is 2.19. The van der Waals surface area contributed by atoms with Crippen LogP contribution in [0, 0.1) is 0 Å². The van der Waals surface area contributed by atoms with Gasteiger partial charge in [0.1, 0.15) is 0 Å². The minimum absolute atomic E-state index is 0.00384. The second kappa shape index (κ2) is 6.88. The number of hydrogen-bond donors (Lipinski definition) is 1. The molecule has 0 aliphatic heterocycles. The Morgan fingerprint density at radius 1 is 1.42 bits per heavy atom. The fraction of sp³-hybridized carbons (Fsp3) is 0.364. The number of esters is 1. The normalized spacial score (nSPS) is 11.4. The van der Waals surface area contributed by atoms with Crippen LogP contribution in [-0.4, -0.2) is 39.4 Å². The zero-order valence-corrected chi connectivity index (χ0v) is 13.0. The SMILES string of the molecule is COC(=O)CCN(C)S(=O)(=O)Nc1ccccc1Br. The van der Waals surface area contributed by atoms with E-state index in [9.17, 15) is 13.2 Å². The molecular formula is C11H15BrN2O4S. The number of nitrogens with zero attached hydrogens (tertiary/aromatic N) is 1. The molecule has 1 aromatic carbocycles. The summed E-state index contributed by atoms with van der Waals surface area (Å²) in [6.45, 7) is 0.0481. The molecule has 0 spiro atoms. The largest absolute Gasteiger partial charge is 0.469 e. The molecule has 0 aliphatic rings. The average molecular weight is 351 g/mol. The Hall–Kier alpha value is -1.12. The van der Waals surface area contributed by atoms with Gasteiger partial charge in [0.15, 0.2) is 0 Å². The number of anilines is 1. The zero-order valence-electron chi connectivity index (χ0n) is 10.6. The summed E-state index contributed by atoms with van der Waals surface area (Å²) in [4.78, 5) is 11.0. The lowest BCUT2D eigenvalue weighted by Gasteiger charge is -2.18. The van der Waals surface area contributed by atoms with Crippen LogP contribution in [0.5, 0.6) is 0 Å². The third-order valence-electron chi connectivity index (χ3n) is 2.38. The molecule has 6 nitrogen and oxygen atoms in total. The van der Waals surface area contributed by atoms with E-state index in [0.717, 1.165) is 4.31 Å². The van der Waals surface area contributed by atoms with Crippen LogP contribution in [-0.2, 0) is 19.7 Å². The van der Waals surface area contributed by atoms with Gasteiger partial charge in [-0.25, -0.2) is 0 Å². The Labute approximate surface area is 121 Å². The Bertz CT molecular complexity index is 547. The third-order valence-corrected chi connectivity index (χ3v) is 4.55. The lowest BCUT2D eigenvalue weighted by atomic mass is 10.3. The number of rotatable bonds is 6. The summed E-state index contributed by atoms with van der Waals surface area (Å²) < 4.78 is 32.6. The predicted molar refractivity (Wildman–Crippen MR) is 75.9 cm³/mol. The fourth-order valence-electron chi connectivity index (χ4n) is 1.23. The topological polar surface area (TPSA) is 75.7 Å². The van der Waals surface area contributed by atoms with Gasteiger partial charge in [0.2, 0.25) is 0 Å². The van der Waals surface area contributed by atoms with Crippen LogP contribution in [0.3, 0.4) is 0 Å². The molecule has 0 amide bonds. The Balaban J connectivity index is 2.70. The maximum Gasteiger partial charge on any atom is 0.306 e. The predicted octanol–water partition coefficient (Wildman–Crippen LogP) is 1.60. The van der Waals surface area contributed by atoms with E-state index in [0.29, 0.717) is 10.2 Å². The first-order valence-electron chi connectivity index (χ1n) is 5.42. The third kappa shape index (κ3) is 4.81. The smallest absolute Gasteiger partial charge is 0.306 e. The molecule has 8 heteroatoms. The average Bonchev–Trinajstić information content (AvgIpc) is 2.37. The zero-order chi connectivity index (χ0) is 14.5. The second-order valence-corrected chi connectivity index (χ2v) is 6.37. The minimum Gasteiger partial charge on any atom is -0.469 e. The Morgan fingerprint density at radius 2 is 2.05 bits per heavy atom. The lowest BCUT2D eigenvalue weighted by Crippen LogP contribution is -2.34. The van der Waals surface area contributed by atoms with Crippen molar-refractivity contribution < 1.29 is 17.9 Å². The molecule has 0 radical (unpaired) electrons. The van der Waals surface area contributed by atoms with E-state index in [1.807, 2.05) is 0 Å². The summed E-state index contributed by atoms with van der Waals surface area (Å²) in [5, 5.41) is 0. The van der Waals surface area contributed by atoms with Crippen molar-refractivity contribution in [1.29, 1.82) is 0 Å². The van der Waals surface area contributed by atoms with Crippen molar-refractivity contribution in [2.24, 2.45) is 0 Å². The Morgan fingerprint density at radius 3 is 2.63 bits per heavy atom. The molecule has 1 rings (SSSR count). The van der Waals surface area contributed by atoms with E-state index in [2.05, 4.69) is 25.4 Å². The van der Waals surface area contributed by atoms with E-state index in [1.54, 1.807) is 24.3 Å². The van der Waals surface area contributed by atoms with Crippen LogP contribution in [0.15, 0.2) is 28.7 Å². The molecule has 0 atom stereocenters. The molecule has 0 saturated heterocycles. The van der Waals surface area contributed by atoms with Gasteiger partial charge in [-0.05, 0) is 28.1 Å². The van der Waals surface area contributed by atoms with Crippen LogP contribution in [0.4, 0.5) is 5.69 Å². The summed E-state index contributed by atoms with van der Waals surface area (Å²) in [6.07, 6.45) is 0.00384. The molecule has 0 heterocycles. The second-order valence-electron chi connectivity index (χ2n) is 3.73. The van der Waals surface area contributed by atoms with Crippen molar-refractivity contribution >= 4 is 37.8 Å². The number of benzene rings is 1. The summed E-state index contributed by atoms with van der Waals surface area (Å²) in [7, 11) is -1.04. The van der Waals surface area contributed by atoms with E-state index in [-0.39, 0.29) is 13.0 Å². The van der Waals surface area contributed by atoms with E-state index in [4.69, 9.17) is 0 Å². The first-order valence-corrected chi connectivity index (χ1v) is 7.65. The number of hydrogen-bond acceptors (Lipinski definition) is 4. The molecule has 0 bridgehead atoms. The van der Waals surface area contributed by atoms with Crippen LogP contribution in [0.25, 0.3) is 0 Å². The quantitative estimate of drug-likeness (QED) is 0.790. The number of methoxy groups -OCH3 is 1. The van der Waals surface area contributed by atoms with Crippen LogP contribution in [0.1, 0.15) is 6.42 Å². The van der Waals surface area contributed by atoms with Crippen LogP contribution in [0.2, 0.25) is 0 Å². The number of para-hydroxylation sites is 1. The van der Waals surface area contributed by atoms with Crippen LogP contribution < -0.4 is 4.72 Å². The van der Waals surface area contributed by atoms with Crippen molar-refractivity contribution in [3.05, 3.63) is 28.7 Å². The van der Waals surface area contributed by atoms with Crippen molar-refractivity contribution in [3.63, 3.8) is 0 Å². The fourth-order valence-corrected chi connectivity index (χ4v) is 2.69. The maximum absolute atomic E-state index is 12.0. The van der Waals surface area contributed by atoms with Gasteiger partial charge in [-0.1, -0.05) is 12.1 Å². The Kier molecular flexibility index (Phi) is 5.77. The first kappa shape index (κ1) is 15.9. The molecule has 0 aromatic heterocycles. The molecule has 1 aromatic rings. The van der Waals surface area contributed by atoms with Gasteiger partial charge in [-0.15, -0.1) is 0 Å². The highest BCUT2D eigenvalue weighted by molar-refractivity contribution is 9.10. The highest BCUT2D eigenvalue weighted by Crippen LogP contribution is 2.22. The van der Waals surface area contributed by atoms with Crippen molar-refractivity contribution in [2.45, 2.75) is 6.42 Å².